The van der Waals surface area contributed by atoms with Gasteiger partial charge in [-0.05, 0) is 38.1 Å². The number of rotatable bonds is 8. The molecule has 126 valence electrons. The molecule has 3 N–H and O–H groups in total. The molecule has 1 aromatic rings. The largest absolute Gasteiger partial charge is 0.497 e. The minimum Gasteiger partial charge on any atom is -0.497 e. The molecule has 0 saturated heterocycles. The molecule has 0 amide bonds. The van der Waals surface area contributed by atoms with E-state index in [4.69, 9.17) is 19.9 Å². The van der Waals surface area contributed by atoms with Gasteiger partial charge in [-0.15, -0.1) is 24.0 Å². The second kappa shape index (κ2) is 11.4. The van der Waals surface area contributed by atoms with Crippen molar-refractivity contribution in [2.75, 3.05) is 27.4 Å². The molecule has 0 fully saturated rings. The summed E-state index contributed by atoms with van der Waals surface area (Å²) in [5.74, 6) is 1.97. The molecule has 0 saturated carbocycles. The van der Waals surface area contributed by atoms with Crippen molar-refractivity contribution in [3.05, 3.63) is 24.3 Å². The predicted molar refractivity (Wildman–Crippen MR) is 99.5 cm³/mol. The standard InChI is InChI=1S/C15H25N3O3.HI/c1-11(10-19-3)18-15(16)17-9-12(2)21-14-7-5-13(20-4)6-8-14;/h5-8,11-12H,9-10H2,1-4H3,(H3,16,17,18);1H. The maximum Gasteiger partial charge on any atom is 0.189 e. The van der Waals surface area contributed by atoms with Gasteiger partial charge in [-0.25, -0.2) is 4.99 Å². The van der Waals surface area contributed by atoms with E-state index in [1.54, 1.807) is 14.2 Å². The fourth-order valence-corrected chi connectivity index (χ4v) is 1.74. The Morgan fingerprint density at radius 2 is 1.77 bits per heavy atom. The lowest BCUT2D eigenvalue weighted by Crippen LogP contribution is -2.41. The van der Waals surface area contributed by atoms with E-state index in [1.165, 1.54) is 0 Å². The van der Waals surface area contributed by atoms with Crippen molar-refractivity contribution in [2.45, 2.75) is 26.0 Å². The molecule has 7 heteroatoms. The number of hydrogen-bond acceptors (Lipinski definition) is 4. The molecular weight excluding hydrogens is 397 g/mol. The van der Waals surface area contributed by atoms with Crippen molar-refractivity contribution in [1.82, 2.24) is 5.32 Å². The maximum absolute atomic E-state index is 5.80. The van der Waals surface area contributed by atoms with Crippen LogP contribution in [0.4, 0.5) is 0 Å². The van der Waals surface area contributed by atoms with E-state index in [0.717, 1.165) is 11.5 Å². The second-order valence-corrected chi connectivity index (χ2v) is 4.83. The van der Waals surface area contributed by atoms with Gasteiger partial charge < -0.3 is 25.3 Å². The van der Waals surface area contributed by atoms with Gasteiger partial charge in [-0.3, -0.25) is 0 Å². The first-order valence-corrected chi connectivity index (χ1v) is 6.91. The summed E-state index contributed by atoms with van der Waals surface area (Å²) in [5, 5.41) is 3.05. The number of guanidine groups is 1. The molecule has 2 unspecified atom stereocenters. The summed E-state index contributed by atoms with van der Waals surface area (Å²) in [7, 11) is 3.28. The number of halogens is 1. The molecule has 0 aliphatic heterocycles. The van der Waals surface area contributed by atoms with E-state index in [0.29, 0.717) is 19.1 Å². The second-order valence-electron chi connectivity index (χ2n) is 4.83. The summed E-state index contributed by atoms with van der Waals surface area (Å²) >= 11 is 0. The van der Waals surface area contributed by atoms with E-state index >= 15 is 0 Å². The summed E-state index contributed by atoms with van der Waals surface area (Å²) in [5.41, 5.74) is 5.80. The first kappa shape index (κ1) is 20.8. The van der Waals surface area contributed by atoms with Crippen LogP contribution in [0.3, 0.4) is 0 Å². The number of aliphatic imine (C=N–C) groups is 1. The first-order valence-electron chi connectivity index (χ1n) is 6.91. The molecule has 0 spiro atoms. The SMILES string of the molecule is COCC(C)NC(N)=NCC(C)Oc1ccc(OC)cc1.I. The Hall–Kier alpha value is -1.22. The lowest BCUT2D eigenvalue weighted by atomic mass is 10.3. The quantitative estimate of drug-likeness (QED) is 0.380. The molecule has 0 radical (unpaired) electrons. The molecule has 6 nitrogen and oxygen atoms in total. The Morgan fingerprint density at radius 3 is 2.32 bits per heavy atom. The Labute approximate surface area is 149 Å². The van der Waals surface area contributed by atoms with Crippen LogP contribution in [0.25, 0.3) is 0 Å². The average molecular weight is 423 g/mol. The van der Waals surface area contributed by atoms with E-state index in [1.807, 2.05) is 38.1 Å². The van der Waals surface area contributed by atoms with Gasteiger partial charge in [0.25, 0.3) is 0 Å². The number of nitrogens with one attached hydrogen (secondary N) is 1. The van der Waals surface area contributed by atoms with Crippen molar-refractivity contribution in [1.29, 1.82) is 0 Å². The van der Waals surface area contributed by atoms with Gasteiger partial charge in [0.05, 0.1) is 20.3 Å². The van der Waals surface area contributed by atoms with E-state index < -0.39 is 0 Å². The Morgan fingerprint density at radius 1 is 1.18 bits per heavy atom. The zero-order valence-electron chi connectivity index (χ0n) is 13.5. The lowest BCUT2D eigenvalue weighted by Gasteiger charge is -2.15. The summed E-state index contributed by atoms with van der Waals surface area (Å²) in [6.07, 6.45) is -0.0727. The molecule has 0 aromatic heterocycles. The van der Waals surface area contributed by atoms with Gasteiger partial charge in [0.2, 0.25) is 0 Å². The Kier molecular flexibility index (Phi) is 10.7. The van der Waals surface area contributed by atoms with E-state index in [9.17, 15) is 0 Å². The highest BCUT2D eigenvalue weighted by Crippen LogP contribution is 2.18. The highest BCUT2D eigenvalue weighted by molar-refractivity contribution is 14.0. The molecule has 0 heterocycles. The van der Waals surface area contributed by atoms with Gasteiger partial charge in [-0.1, -0.05) is 0 Å². The molecule has 22 heavy (non-hydrogen) atoms. The van der Waals surface area contributed by atoms with Crippen LogP contribution in [-0.2, 0) is 4.74 Å². The van der Waals surface area contributed by atoms with Crippen LogP contribution in [0.5, 0.6) is 11.5 Å². The minimum absolute atomic E-state index is 0. The van der Waals surface area contributed by atoms with Crippen LogP contribution >= 0.6 is 24.0 Å². The predicted octanol–water partition coefficient (Wildman–Crippen LogP) is 2.02. The highest BCUT2D eigenvalue weighted by Gasteiger charge is 2.05. The average Bonchev–Trinajstić information content (AvgIpc) is 2.46. The monoisotopic (exact) mass is 423 g/mol. The fraction of sp³-hybridized carbons (Fsp3) is 0.533. The van der Waals surface area contributed by atoms with Crippen LogP contribution in [0.1, 0.15) is 13.8 Å². The number of nitrogens with zero attached hydrogens (tertiary/aromatic N) is 1. The van der Waals surface area contributed by atoms with Crippen LogP contribution in [0, 0.1) is 0 Å². The third-order valence-electron chi connectivity index (χ3n) is 2.73. The third kappa shape index (κ3) is 8.28. The maximum atomic E-state index is 5.80. The van der Waals surface area contributed by atoms with Crippen molar-refractivity contribution in [3.8, 4) is 11.5 Å². The van der Waals surface area contributed by atoms with Crippen LogP contribution in [-0.4, -0.2) is 45.5 Å². The van der Waals surface area contributed by atoms with Crippen LogP contribution < -0.4 is 20.5 Å². The van der Waals surface area contributed by atoms with Crippen molar-refractivity contribution in [3.63, 3.8) is 0 Å². The van der Waals surface area contributed by atoms with Crippen LogP contribution in [0.2, 0.25) is 0 Å². The van der Waals surface area contributed by atoms with Crippen molar-refractivity contribution in [2.24, 2.45) is 10.7 Å². The third-order valence-corrected chi connectivity index (χ3v) is 2.73. The normalized spacial score (nSPS) is 13.7. The number of methoxy groups -OCH3 is 2. The molecule has 0 aliphatic rings. The summed E-state index contributed by atoms with van der Waals surface area (Å²) < 4.78 is 15.9. The highest BCUT2D eigenvalue weighted by atomic mass is 127. The number of nitrogens with two attached hydrogens (primary N) is 1. The summed E-state index contributed by atoms with van der Waals surface area (Å²) in [4.78, 5) is 4.25. The van der Waals surface area contributed by atoms with Gasteiger partial charge >= 0.3 is 0 Å². The Bertz CT molecular complexity index is 440. The number of hydrogen-bond donors (Lipinski definition) is 2. The summed E-state index contributed by atoms with van der Waals surface area (Å²) in [6.45, 7) is 4.97. The molecule has 2 atom stereocenters. The smallest absolute Gasteiger partial charge is 0.189 e. The Balaban J connectivity index is 0.00000441. The zero-order valence-corrected chi connectivity index (χ0v) is 15.9. The summed E-state index contributed by atoms with van der Waals surface area (Å²) in [6, 6.07) is 7.56. The first-order chi connectivity index (χ1) is 10.0. The molecule has 0 bridgehead atoms. The topological polar surface area (TPSA) is 78.1 Å². The number of benzene rings is 1. The number of ether oxygens (including phenoxy) is 3. The molecular formula is C15H26IN3O3. The van der Waals surface area contributed by atoms with Gasteiger partial charge in [-0.2, -0.15) is 0 Å². The molecule has 1 aromatic carbocycles. The molecule has 1 rings (SSSR count). The zero-order chi connectivity index (χ0) is 15.7. The van der Waals surface area contributed by atoms with Gasteiger partial charge in [0.1, 0.15) is 17.6 Å². The van der Waals surface area contributed by atoms with Crippen molar-refractivity contribution >= 4 is 29.9 Å². The van der Waals surface area contributed by atoms with Gasteiger partial charge in [0, 0.05) is 13.2 Å². The van der Waals surface area contributed by atoms with E-state index in [2.05, 4.69) is 10.3 Å². The molecule has 0 aliphatic carbocycles. The van der Waals surface area contributed by atoms with E-state index in [-0.39, 0.29) is 36.1 Å². The minimum atomic E-state index is -0.0727. The lowest BCUT2D eigenvalue weighted by molar-refractivity contribution is 0.179. The van der Waals surface area contributed by atoms with Gasteiger partial charge in [0.15, 0.2) is 5.96 Å². The van der Waals surface area contributed by atoms with Crippen molar-refractivity contribution < 1.29 is 14.2 Å². The van der Waals surface area contributed by atoms with Crippen LogP contribution in [0.15, 0.2) is 29.3 Å². The fourth-order valence-electron chi connectivity index (χ4n) is 1.74.